The van der Waals surface area contributed by atoms with Crippen molar-refractivity contribution in [3.05, 3.63) is 29.6 Å². The van der Waals surface area contributed by atoms with E-state index in [2.05, 4.69) is 4.98 Å². The standard InChI is InChI=1S/C8H8N2O/c9-5-8-2-1-7(3-4-11)6-10-8/h1-2,6,11H,3-4H2. The molecule has 1 N–H and O–H groups in total. The van der Waals surface area contributed by atoms with Crippen molar-refractivity contribution in [3.63, 3.8) is 0 Å². The summed E-state index contributed by atoms with van der Waals surface area (Å²) in [7, 11) is 0. The van der Waals surface area contributed by atoms with Crippen LogP contribution in [0.15, 0.2) is 18.3 Å². The molecule has 0 aliphatic rings. The van der Waals surface area contributed by atoms with Crippen LogP contribution in [0.4, 0.5) is 0 Å². The first-order chi connectivity index (χ1) is 5.36. The van der Waals surface area contributed by atoms with Crippen molar-refractivity contribution in [2.75, 3.05) is 6.61 Å². The van der Waals surface area contributed by atoms with Crippen molar-refractivity contribution >= 4 is 0 Å². The Hall–Kier alpha value is -1.40. The van der Waals surface area contributed by atoms with Crippen molar-refractivity contribution in [2.45, 2.75) is 6.42 Å². The van der Waals surface area contributed by atoms with E-state index >= 15 is 0 Å². The molecule has 3 heteroatoms. The van der Waals surface area contributed by atoms with Gasteiger partial charge >= 0.3 is 0 Å². The van der Waals surface area contributed by atoms with Crippen LogP contribution in [0.1, 0.15) is 11.3 Å². The lowest BCUT2D eigenvalue weighted by Crippen LogP contribution is -1.92. The van der Waals surface area contributed by atoms with Gasteiger partial charge in [0.1, 0.15) is 11.8 Å². The number of hydrogen-bond donors (Lipinski definition) is 1. The smallest absolute Gasteiger partial charge is 0.140 e. The molecule has 0 bridgehead atoms. The monoisotopic (exact) mass is 148 g/mol. The Balaban J connectivity index is 2.76. The maximum atomic E-state index is 8.55. The molecule has 0 atom stereocenters. The molecule has 0 spiro atoms. The van der Waals surface area contributed by atoms with E-state index in [1.807, 2.05) is 6.07 Å². The van der Waals surface area contributed by atoms with Gasteiger partial charge in [-0.05, 0) is 18.1 Å². The third kappa shape index (κ3) is 2.03. The van der Waals surface area contributed by atoms with Crippen LogP contribution in [0.3, 0.4) is 0 Å². The second kappa shape index (κ2) is 3.69. The van der Waals surface area contributed by atoms with Crippen LogP contribution in [0, 0.1) is 11.3 Å². The predicted octanol–water partition coefficient (Wildman–Crippen LogP) is 0.488. The molecule has 0 aliphatic heterocycles. The molecule has 0 radical (unpaired) electrons. The highest BCUT2D eigenvalue weighted by molar-refractivity contribution is 5.23. The van der Waals surface area contributed by atoms with Crippen molar-refractivity contribution in [1.29, 1.82) is 5.26 Å². The van der Waals surface area contributed by atoms with Gasteiger partial charge < -0.3 is 5.11 Å². The largest absolute Gasteiger partial charge is 0.396 e. The first-order valence-electron chi connectivity index (χ1n) is 3.32. The first kappa shape index (κ1) is 7.70. The van der Waals surface area contributed by atoms with E-state index in [1.165, 1.54) is 0 Å². The second-order valence-corrected chi connectivity index (χ2v) is 2.14. The van der Waals surface area contributed by atoms with Gasteiger partial charge in [-0.2, -0.15) is 5.26 Å². The third-order valence-corrected chi connectivity index (χ3v) is 1.34. The van der Waals surface area contributed by atoms with E-state index in [1.54, 1.807) is 18.3 Å². The predicted molar refractivity (Wildman–Crippen MR) is 39.7 cm³/mol. The van der Waals surface area contributed by atoms with Crippen molar-refractivity contribution in [1.82, 2.24) is 4.98 Å². The summed E-state index contributed by atoms with van der Waals surface area (Å²) < 4.78 is 0. The molecule has 0 saturated heterocycles. The van der Waals surface area contributed by atoms with E-state index in [9.17, 15) is 0 Å². The highest BCUT2D eigenvalue weighted by Gasteiger charge is 1.92. The number of rotatable bonds is 2. The highest BCUT2D eigenvalue weighted by Crippen LogP contribution is 1.99. The summed E-state index contributed by atoms with van der Waals surface area (Å²) in [6, 6.07) is 5.36. The Morgan fingerprint density at radius 1 is 1.55 bits per heavy atom. The van der Waals surface area contributed by atoms with E-state index in [0.29, 0.717) is 12.1 Å². The minimum absolute atomic E-state index is 0.119. The zero-order valence-electron chi connectivity index (χ0n) is 5.99. The SMILES string of the molecule is N#Cc1ccc(CCO)cn1. The minimum Gasteiger partial charge on any atom is -0.396 e. The number of aliphatic hydroxyl groups excluding tert-OH is 1. The van der Waals surface area contributed by atoms with E-state index in [0.717, 1.165) is 5.56 Å². The Kier molecular flexibility index (Phi) is 2.59. The third-order valence-electron chi connectivity index (χ3n) is 1.34. The highest BCUT2D eigenvalue weighted by atomic mass is 16.2. The molecule has 0 fully saturated rings. The fourth-order valence-corrected chi connectivity index (χ4v) is 0.768. The quantitative estimate of drug-likeness (QED) is 0.664. The van der Waals surface area contributed by atoms with Crippen LogP contribution < -0.4 is 0 Å². The molecular weight excluding hydrogens is 140 g/mol. The molecule has 0 aromatic carbocycles. The first-order valence-corrected chi connectivity index (χ1v) is 3.32. The Labute approximate surface area is 64.9 Å². The van der Waals surface area contributed by atoms with Gasteiger partial charge in [0.05, 0.1) is 0 Å². The number of hydrogen-bond acceptors (Lipinski definition) is 3. The van der Waals surface area contributed by atoms with Gasteiger partial charge in [-0.25, -0.2) is 4.98 Å². The van der Waals surface area contributed by atoms with Crippen LogP contribution >= 0.6 is 0 Å². The number of aromatic nitrogens is 1. The summed E-state index contributed by atoms with van der Waals surface area (Å²) in [4.78, 5) is 3.84. The lowest BCUT2D eigenvalue weighted by molar-refractivity contribution is 0.299. The average molecular weight is 148 g/mol. The van der Waals surface area contributed by atoms with Crippen molar-refractivity contribution in [3.8, 4) is 6.07 Å². The van der Waals surface area contributed by atoms with Crippen LogP contribution in [0.25, 0.3) is 0 Å². The molecule has 1 heterocycles. The van der Waals surface area contributed by atoms with Crippen LogP contribution in [0.5, 0.6) is 0 Å². The van der Waals surface area contributed by atoms with Gasteiger partial charge in [0.25, 0.3) is 0 Å². The average Bonchev–Trinajstić information content (AvgIpc) is 2.07. The number of nitrogens with zero attached hydrogens (tertiary/aromatic N) is 2. The van der Waals surface area contributed by atoms with E-state index in [4.69, 9.17) is 10.4 Å². The number of aliphatic hydroxyl groups is 1. The Morgan fingerprint density at radius 2 is 2.36 bits per heavy atom. The molecule has 0 amide bonds. The number of nitriles is 1. The van der Waals surface area contributed by atoms with Crippen molar-refractivity contribution < 1.29 is 5.11 Å². The lowest BCUT2D eigenvalue weighted by atomic mass is 10.2. The second-order valence-electron chi connectivity index (χ2n) is 2.14. The summed E-state index contributed by atoms with van der Waals surface area (Å²) in [5.74, 6) is 0. The lowest BCUT2D eigenvalue weighted by Gasteiger charge is -1.94. The molecule has 1 rings (SSSR count). The fraction of sp³-hybridized carbons (Fsp3) is 0.250. The van der Waals surface area contributed by atoms with Gasteiger partial charge in [0.2, 0.25) is 0 Å². The van der Waals surface area contributed by atoms with Crippen LogP contribution in [0.2, 0.25) is 0 Å². The molecule has 0 unspecified atom stereocenters. The maximum Gasteiger partial charge on any atom is 0.140 e. The minimum atomic E-state index is 0.119. The van der Waals surface area contributed by atoms with Gasteiger partial charge in [-0.15, -0.1) is 0 Å². The summed E-state index contributed by atoms with van der Waals surface area (Å²) in [6.45, 7) is 0.119. The summed E-state index contributed by atoms with van der Waals surface area (Å²) in [6.07, 6.45) is 2.20. The zero-order valence-corrected chi connectivity index (χ0v) is 5.99. The van der Waals surface area contributed by atoms with E-state index in [-0.39, 0.29) is 6.61 Å². The molecule has 0 saturated carbocycles. The molecule has 1 aromatic heterocycles. The maximum absolute atomic E-state index is 8.55. The summed E-state index contributed by atoms with van der Waals surface area (Å²) in [5.41, 5.74) is 1.36. The molecule has 0 aliphatic carbocycles. The molecule has 1 aromatic rings. The molecule has 3 nitrogen and oxygen atoms in total. The summed E-state index contributed by atoms with van der Waals surface area (Å²) >= 11 is 0. The van der Waals surface area contributed by atoms with Gasteiger partial charge in [-0.3, -0.25) is 0 Å². The molecule has 11 heavy (non-hydrogen) atoms. The summed E-state index contributed by atoms with van der Waals surface area (Å²) in [5, 5.41) is 16.9. The fourth-order valence-electron chi connectivity index (χ4n) is 0.768. The Bertz CT molecular complexity index is 260. The van der Waals surface area contributed by atoms with E-state index < -0.39 is 0 Å². The normalized spacial score (nSPS) is 9.09. The Morgan fingerprint density at radius 3 is 2.82 bits per heavy atom. The van der Waals surface area contributed by atoms with Gasteiger partial charge in [0.15, 0.2) is 0 Å². The van der Waals surface area contributed by atoms with Gasteiger partial charge in [-0.1, -0.05) is 6.07 Å². The van der Waals surface area contributed by atoms with Crippen LogP contribution in [-0.2, 0) is 6.42 Å². The zero-order chi connectivity index (χ0) is 8.10. The van der Waals surface area contributed by atoms with Crippen LogP contribution in [-0.4, -0.2) is 16.7 Å². The number of pyridine rings is 1. The topological polar surface area (TPSA) is 56.9 Å². The van der Waals surface area contributed by atoms with Gasteiger partial charge in [0, 0.05) is 12.8 Å². The molecular formula is C8H8N2O. The van der Waals surface area contributed by atoms with Crippen molar-refractivity contribution in [2.24, 2.45) is 0 Å². The molecule has 56 valence electrons.